The maximum atomic E-state index is 5.61. The number of fused-ring (bicyclic) bond motifs is 1. The molecule has 122 valence electrons. The van der Waals surface area contributed by atoms with Crippen molar-refractivity contribution in [1.29, 1.82) is 0 Å². The van der Waals surface area contributed by atoms with E-state index in [1.165, 1.54) is 42.9 Å². The monoisotopic (exact) mass is 311 g/mol. The Balaban J connectivity index is 1.38. The van der Waals surface area contributed by atoms with Crippen LogP contribution in [-0.4, -0.2) is 34.1 Å². The zero-order chi connectivity index (χ0) is 15.6. The lowest BCUT2D eigenvalue weighted by molar-refractivity contribution is 0.165. The number of rotatable bonds is 4. The molecule has 2 aliphatic rings. The first-order valence-corrected chi connectivity index (χ1v) is 8.71. The van der Waals surface area contributed by atoms with Crippen LogP contribution in [0.2, 0.25) is 0 Å². The molecular formula is C19H25N3O. The molecule has 4 rings (SSSR count). The number of imidazole rings is 1. The van der Waals surface area contributed by atoms with Crippen molar-refractivity contribution in [2.45, 2.75) is 32.2 Å². The molecule has 2 aromatic rings. The summed E-state index contributed by atoms with van der Waals surface area (Å²) in [5.41, 5.74) is 2.80. The lowest BCUT2D eigenvalue weighted by atomic mass is 9.94. The average Bonchev–Trinajstić information content (AvgIpc) is 3.17. The summed E-state index contributed by atoms with van der Waals surface area (Å²) in [5.74, 6) is 3.02. The molecule has 4 nitrogen and oxygen atoms in total. The van der Waals surface area contributed by atoms with E-state index in [2.05, 4.69) is 39.7 Å². The van der Waals surface area contributed by atoms with Gasteiger partial charge < -0.3 is 9.30 Å². The van der Waals surface area contributed by atoms with Crippen LogP contribution >= 0.6 is 0 Å². The van der Waals surface area contributed by atoms with Crippen LogP contribution in [0.1, 0.15) is 29.8 Å². The molecule has 1 fully saturated rings. The fourth-order valence-corrected chi connectivity index (χ4v) is 3.91. The third kappa shape index (κ3) is 3.27. The molecule has 1 aromatic heterocycles. The summed E-state index contributed by atoms with van der Waals surface area (Å²) in [6, 6.07) is 6.71. The first kappa shape index (κ1) is 14.8. The predicted molar refractivity (Wildman–Crippen MR) is 90.6 cm³/mol. The van der Waals surface area contributed by atoms with Gasteiger partial charge in [-0.15, -0.1) is 0 Å². The second kappa shape index (κ2) is 6.36. The van der Waals surface area contributed by atoms with Crippen molar-refractivity contribution in [2.75, 3.05) is 19.7 Å². The Morgan fingerprint density at radius 1 is 1.35 bits per heavy atom. The second-order valence-corrected chi connectivity index (χ2v) is 6.94. The van der Waals surface area contributed by atoms with E-state index >= 15 is 0 Å². The minimum absolute atomic E-state index is 0.725. The van der Waals surface area contributed by atoms with E-state index in [1.54, 1.807) is 0 Å². The Bertz CT molecular complexity index is 679. The molecule has 2 aliphatic heterocycles. The largest absolute Gasteiger partial charge is 0.493 e. The number of hydrogen-bond donors (Lipinski definition) is 0. The number of aryl methyl sites for hydroxylation is 1. The highest BCUT2D eigenvalue weighted by Crippen LogP contribution is 2.27. The van der Waals surface area contributed by atoms with Crippen molar-refractivity contribution >= 4 is 0 Å². The molecule has 4 heteroatoms. The third-order valence-electron chi connectivity index (χ3n) is 5.16. The molecular weight excluding hydrogens is 286 g/mol. The van der Waals surface area contributed by atoms with E-state index in [0.29, 0.717) is 0 Å². The molecule has 1 aromatic carbocycles. The smallest absolute Gasteiger partial charge is 0.122 e. The normalized spacial score (nSPS) is 21.2. The summed E-state index contributed by atoms with van der Waals surface area (Å²) in [6.07, 6.45) is 8.72. The van der Waals surface area contributed by atoms with Gasteiger partial charge in [-0.2, -0.15) is 0 Å². The van der Waals surface area contributed by atoms with Crippen LogP contribution in [-0.2, 0) is 26.4 Å². The molecule has 0 bridgehead atoms. The molecule has 23 heavy (non-hydrogen) atoms. The van der Waals surface area contributed by atoms with E-state index in [-0.39, 0.29) is 0 Å². The second-order valence-electron chi connectivity index (χ2n) is 6.94. The van der Waals surface area contributed by atoms with E-state index in [0.717, 1.165) is 37.7 Å². The topological polar surface area (TPSA) is 30.3 Å². The van der Waals surface area contributed by atoms with Gasteiger partial charge in [-0.25, -0.2) is 4.98 Å². The van der Waals surface area contributed by atoms with Gasteiger partial charge in [-0.1, -0.05) is 12.1 Å². The summed E-state index contributed by atoms with van der Waals surface area (Å²) < 4.78 is 7.76. The Hall–Kier alpha value is -1.81. The van der Waals surface area contributed by atoms with Gasteiger partial charge in [0.25, 0.3) is 0 Å². The summed E-state index contributed by atoms with van der Waals surface area (Å²) in [6.45, 7) is 4.30. The lowest BCUT2D eigenvalue weighted by Gasteiger charge is -2.32. The first-order valence-electron chi connectivity index (χ1n) is 8.71. The Morgan fingerprint density at radius 2 is 2.30 bits per heavy atom. The van der Waals surface area contributed by atoms with Crippen molar-refractivity contribution in [2.24, 2.45) is 13.0 Å². The van der Waals surface area contributed by atoms with E-state index in [1.807, 2.05) is 12.4 Å². The Morgan fingerprint density at radius 3 is 3.17 bits per heavy atom. The number of likely N-dealkylation sites (tertiary alicyclic amines) is 1. The zero-order valence-electron chi connectivity index (χ0n) is 13.9. The van der Waals surface area contributed by atoms with Crippen LogP contribution in [0.4, 0.5) is 0 Å². The molecule has 1 saturated heterocycles. The van der Waals surface area contributed by atoms with Crippen LogP contribution in [0.15, 0.2) is 30.6 Å². The highest BCUT2D eigenvalue weighted by atomic mass is 16.5. The number of nitrogens with zero attached hydrogens (tertiary/aromatic N) is 3. The third-order valence-corrected chi connectivity index (χ3v) is 5.16. The van der Waals surface area contributed by atoms with Gasteiger partial charge in [0.05, 0.1) is 6.61 Å². The Labute approximate surface area is 138 Å². The van der Waals surface area contributed by atoms with Gasteiger partial charge >= 0.3 is 0 Å². The summed E-state index contributed by atoms with van der Waals surface area (Å²) in [5, 5.41) is 0. The minimum Gasteiger partial charge on any atom is -0.493 e. The van der Waals surface area contributed by atoms with Gasteiger partial charge in [-0.3, -0.25) is 4.90 Å². The molecule has 0 radical (unpaired) electrons. The molecule has 0 aliphatic carbocycles. The first-order chi connectivity index (χ1) is 11.3. The van der Waals surface area contributed by atoms with E-state index in [9.17, 15) is 0 Å². The number of ether oxygens (including phenoxy) is 1. The molecule has 1 atom stereocenters. The summed E-state index contributed by atoms with van der Waals surface area (Å²) >= 11 is 0. The van der Waals surface area contributed by atoms with Crippen molar-refractivity contribution in [3.8, 4) is 5.75 Å². The van der Waals surface area contributed by atoms with Crippen molar-refractivity contribution < 1.29 is 4.74 Å². The molecule has 0 N–H and O–H groups in total. The lowest BCUT2D eigenvalue weighted by Crippen LogP contribution is -2.36. The van der Waals surface area contributed by atoms with Crippen molar-refractivity contribution in [3.05, 3.63) is 47.5 Å². The number of aromatic nitrogens is 2. The maximum Gasteiger partial charge on any atom is 0.122 e. The van der Waals surface area contributed by atoms with Gasteiger partial charge in [0, 0.05) is 45.4 Å². The molecule has 0 saturated carbocycles. The highest BCUT2D eigenvalue weighted by molar-refractivity contribution is 5.39. The van der Waals surface area contributed by atoms with Crippen LogP contribution in [0.5, 0.6) is 5.75 Å². The SMILES string of the molecule is Cn1ccnc1C[C@H]1CCCN(Cc2ccc3c(c2)CCO3)C1. The summed E-state index contributed by atoms with van der Waals surface area (Å²) in [4.78, 5) is 7.09. The minimum atomic E-state index is 0.725. The van der Waals surface area contributed by atoms with Crippen LogP contribution < -0.4 is 4.74 Å². The van der Waals surface area contributed by atoms with Crippen LogP contribution in [0.25, 0.3) is 0 Å². The molecule has 3 heterocycles. The van der Waals surface area contributed by atoms with Gasteiger partial charge in [-0.05, 0) is 42.5 Å². The molecule has 0 unspecified atom stereocenters. The van der Waals surface area contributed by atoms with Crippen molar-refractivity contribution in [1.82, 2.24) is 14.5 Å². The fraction of sp³-hybridized carbons (Fsp3) is 0.526. The number of piperidine rings is 1. The number of benzene rings is 1. The van der Waals surface area contributed by atoms with E-state index in [4.69, 9.17) is 4.74 Å². The maximum absolute atomic E-state index is 5.61. The van der Waals surface area contributed by atoms with Crippen LogP contribution in [0, 0.1) is 5.92 Å². The predicted octanol–water partition coefficient (Wildman–Crippen LogP) is 2.81. The standard InChI is InChI=1S/C19H25N3O/c1-21-9-7-20-19(21)12-15-3-2-8-22(13-15)14-16-4-5-18-17(11-16)6-10-23-18/h4-5,7,9,11,15H,2-3,6,8,10,12-14H2,1H3/t15-/m1/s1. The van der Waals surface area contributed by atoms with E-state index < -0.39 is 0 Å². The summed E-state index contributed by atoms with van der Waals surface area (Å²) in [7, 11) is 2.09. The quantitative estimate of drug-likeness (QED) is 0.870. The highest BCUT2D eigenvalue weighted by Gasteiger charge is 2.22. The number of hydrogen-bond acceptors (Lipinski definition) is 3. The fourth-order valence-electron chi connectivity index (χ4n) is 3.91. The van der Waals surface area contributed by atoms with Gasteiger partial charge in [0.1, 0.15) is 11.6 Å². The van der Waals surface area contributed by atoms with Gasteiger partial charge in [0.2, 0.25) is 0 Å². The van der Waals surface area contributed by atoms with Crippen molar-refractivity contribution in [3.63, 3.8) is 0 Å². The molecule has 0 amide bonds. The molecule has 0 spiro atoms. The average molecular weight is 311 g/mol. The zero-order valence-corrected chi connectivity index (χ0v) is 13.9. The van der Waals surface area contributed by atoms with Gasteiger partial charge in [0.15, 0.2) is 0 Å². The van der Waals surface area contributed by atoms with Crippen LogP contribution in [0.3, 0.4) is 0 Å². The Kier molecular flexibility index (Phi) is 4.08.